The first-order chi connectivity index (χ1) is 9.69. The van der Waals surface area contributed by atoms with Gasteiger partial charge in [0.05, 0.1) is 0 Å². The number of carboxylic acids is 1. The number of hydrogen-bond donors (Lipinski definition) is 1. The number of nitrogens with zero attached hydrogens (tertiary/aromatic N) is 2. The number of likely N-dealkylation sites (tertiary alicyclic amines) is 1. The Hall–Kier alpha value is -2.05. The minimum atomic E-state index is -1.13. The predicted molar refractivity (Wildman–Crippen MR) is 73.1 cm³/mol. The van der Waals surface area contributed by atoms with E-state index in [0.717, 1.165) is 6.42 Å². The summed E-state index contributed by atoms with van der Waals surface area (Å²) >= 11 is 0. The van der Waals surface area contributed by atoms with Crippen molar-refractivity contribution in [1.82, 2.24) is 9.88 Å². The van der Waals surface area contributed by atoms with E-state index < -0.39 is 17.7 Å². The molecule has 0 bridgehead atoms. The molecule has 0 aromatic carbocycles. The van der Waals surface area contributed by atoms with Crippen molar-refractivity contribution in [3.63, 3.8) is 0 Å². The van der Waals surface area contributed by atoms with Crippen molar-refractivity contribution >= 4 is 12.1 Å². The minimum absolute atomic E-state index is 0.110. The van der Waals surface area contributed by atoms with Gasteiger partial charge in [-0.2, -0.15) is 0 Å². The number of hydrogen-bond acceptors (Lipinski definition) is 5. The number of ether oxygens (including phenoxy) is 1. The largest absolute Gasteiger partial charge is 0.476 e. The van der Waals surface area contributed by atoms with Crippen LogP contribution in [-0.2, 0) is 4.74 Å². The van der Waals surface area contributed by atoms with Crippen LogP contribution < -0.4 is 0 Å². The fraction of sp³-hybridized carbons (Fsp3) is 0.643. The molecule has 1 saturated heterocycles. The van der Waals surface area contributed by atoms with E-state index in [0.29, 0.717) is 13.0 Å². The van der Waals surface area contributed by atoms with Crippen molar-refractivity contribution in [2.75, 3.05) is 6.54 Å². The molecule has 1 fully saturated rings. The lowest BCUT2D eigenvalue weighted by Gasteiger charge is -2.27. The molecule has 1 aliphatic heterocycles. The first kappa shape index (κ1) is 15.3. The van der Waals surface area contributed by atoms with Crippen LogP contribution in [0.3, 0.4) is 0 Å². The number of amides is 1. The molecular formula is C14H20N2O5. The van der Waals surface area contributed by atoms with Crippen molar-refractivity contribution in [3.05, 3.63) is 17.3 Å². The summed E-state index contributed by atoms with van der Waals surface area (Å²) in [5.41, 5.74) is -0.691. The summed E-state index contributed by atoms with van der Waals surface area (Å²) in [5.74, 6) is -0.633. The Morgan fingerprint density at radius 3 is 2.62 bits per heavy atom. The number of carbonyl (C=O) groups is 2. The second kappa shape index (κ2) is 5.38. The maximum Gasteiger partial charge on any atom is 0.410 e. The molecule has 1 amide bonds. The van der Waals surface area contributed by atoms with Crippen LogP contribution in [0, 0.1) is 6.92 Å². The van der Waals surface area contributed by atoms with E-state index >= 15 is 0 Å². The Morgan fingerprint density at radius 1 is 1.43 bits per heavy atom. The van der Waals surface area contributed by atoms with Gasteiger partial charge in [0.1, 0.15) is 17.4 Å². The zero-order valence-electron chi connectivity index (χ0n) is 12.7. The smallest absolute Gasteiger partial charge is 0.410 e. The third-order valence-electron chi connectivity index (χ3n) is 3.18. The van der Waals surface area contributed by atoms with E-state index in [1.54, 1.807) is 32.6 Å². The molecule has 7 heteroatoms. The predicted octanol–water partition coefficient (Wildman–Crippen LogP) is 2.75. The van der Waals surface area contributed by atoms with Crippen LogP contribution in [0.5, 0.6) is 0 Å². The molecular weight excluding hydrogens is 276 g/mol. The highest BCUT2D eigenvalue weighted by Crippen LogP contribution is 2.33. The molecule has 1 unspecified atom stereocenters. The average Bonchev–Trinajstić information content (AvgIpc) is 2.91. The first-order valence-electron chi connectivity index (χ1n) is 6.89. The van der Waals surface area contributed by atoms with Gasteiger partial charge in [-0.05, 0) is 40.5 Å². The number of aryl methyl sites for hydroxylation is 1. The first-order valence-corrected chi connectivity index (χ1v) is 6.89. The summed E-state index contributed by atoms with van der Waals surface area (Å²) in [6.07, 6.45) is 1.05. The summed E-state index contributed by atoms with van der Waals surface area (Å²) in [7, 11) is 0. The number of oxazole rings is 1. The number of rotatable bonds is 2. The maximum atomic E-state index is 12.2. The zero-order chi connectivity index (χ0) is 15.8. The molecule has 1 aromatic heterocycles. The molecule has 0 aliphatic carbocycles. The van der Waals surface area contributed by atoms with Gasteiger partial charge in [0.2, 0.25) is 5.89 Å². The van der Waals surface area contributed by atoms with Crippen molar-refractivity contribution < 1.29 is 23.8 Å². The molecule has 1 atom stereocenters. The fourth-order valence-electron chi connectivity index (χ4n) is 2.32. The van der Waals surface area contributed by atoms with Gasteiger partial charge in [0, 0.05) is 6.54 Å². The number of aromatic nitrogens is 1. The monoisotopic (exact) mass is 296 g/mol. The van der Waals surface area contributed by atoms with Gasteiger partial charge >= 0.3 is 12.1 Å². The molecule has 0 radical (unpaired) electrons. The molecule has 2 heterocycles. The van der Waals surface area contributed by atoms with Gasteiger partial charge in [-0.25, -0.2) is 14.6 Å². The topological polar surface area (TPSA) is 92.9 Å². The van der Waals surface area contributed by atoms with E-state index in [1.807, 2.05) is 0 Å². The van der Waals surface area contributed by atoms with E-state index in [4.69, 9.17) is 14.3 Å². The minimum Gasteiger partial charge on any atom is -0.476 e. The summed E-state index contributed by atoms with van der Waals surface area (Å²) in [5, 5.41) is 9.02. The third kappa shape index (κ3) is 3.34. The van der Waals surface area contributed by atoms with Crippen molar-refractivity contribution in [1.29, 1.82) is 0 Å². The van der Waals surface area contributed by atoms with E-state index in [9.17, 15) is 9.59 Å². The molecule has 2 rings (SSSR count). The second-order valence-electron chi connectivity index (χ2n) is 6.09. The molecule has 116 valence electrons. The summed E-state index contributed by atoms with van der Waals surface area (Å²) in [6.45, 7) is 7.49. The lowest BCUT2D eigenvalue weighted by molar-refractivity contribution is 0.0203. The van der Waals surface area contributed by atoms with Gasteiger partial charge in [-0.15, -0.1) is 0 Å². The highest BCUT2D eigenvalue weighted by molar-refractivity contribution is 5.86. The lowest BCUT2D eigenvalue weighted by Crippen LogP contribution is -2.36. The Kier molecular flexibility index (Phi) is 3.93. The van der Waals surface area contributed by atoms with E-state index in [1.165, 1.54) is 0 Å². The van der Waals surface area contributed by atoms with Crippen LogP contribution in [0.4, 0.5) is 4.79 Å². The summed E-state index contributed by atoms with van der Waals surface area (Å²) < 4.78 is 10.8. The Morgan fingerprint density at radius 2 is 2.10 bits per heavy atom. The highest BCUT2D eigenvalue weighted by Gasteiger charge is 2.36. The molecule has 0 spiro atoms. The third-order valence-corrected chi connectivity index (χ3v) is 3.18. The molecule has 1 aliphatic rings. The fourth-order valence-corrected chi connectivity index (χ4v) is 2.32. The summed E-state index contributed by atoms with van der Waals surface area (Å²) in [6, 6.07) is -0.369. The molecule has 0 saturated carbocycles. The van der Waals surface area contributed by atoms with Gasteiger partial charge in [0.25, 0.3) is 0 Å². The number of carboxylic acid groups (broad SMARTS) is 1. The van der Waals surface area contributed by atoms with Gasteiger partial charge in [-0.3, -0.25) is 4.90 Å². The average molecular weight is 296 g/mol. The molecule has 1 N–H and O–H groups in total. The number of carbonyl (C=O) groups excluding carboxylic acids is 1. The van der Waals surface area contributed by atoms with E-state index in [2.05, 4.69) is 4.98 Å². The van der Waals surface area contributed by atoms with Gasteiger partial charge in [0.15, 0.2) is 5.69 Å². The summed E-state index contributed by atoms with van der Waals surface area (Å²) in [4.78, 5) is 28.8. The zero-order valence-corrected chi connectivity index (χ0v) is 12.7. The van der Waals surface area contributed by atoms with Gasteiger partial charge < -0.3 is 14.3 Å². The van der Waals surface area contributed by atoms with Crippen molar-refractivity contribution in [2.45, 2.75) is 52.2 Å². The number of aromatic carboxylic acids is 1. The van der Waals surface area contributed by atoms with Crippen LogP contribution in [0.25, 0.3) is 0 Å². The molecule has 21 heavy (non-hydrogen) atoms. The van der Waals surface area contributed by atoms with Crippen LogP contribution in [-0.4, -0.2) is 39.2 Å². The lowest BCUT2D eigenvalue weighted by atomic mass is 10.2. The quantitative estimate of drug-likeness (QED) is 0.902. The second-order valence-corrected chi connectivity index (χ2v) is 6.09. The standard InChI is InChI=1S/C14H20N2O5/c1-8-10(12(17)18)15-11(20-8)9-6-5-7-16(9)13(19)21-14(2,3)4/h9H,5-7H2,1-4H3,(H,17,18). The normalized spacial score (nSPS) is 18.9. The van der Waals surface area contributed by atoms with Gasteiger partial charge in [-0.1, -0.05) is 0 Å². The molecule has 7 nitrogen and oxygen atoms in total. The Bertz CT molecular complexity index is 558. The maximum absolute atomic E-state index is 12.2. The van der Waals surface area contributed by atoms with Crippen LogP contribution in [0.15, 0.2) is 4.42 Å². The Balaban J connectivity index is 2.21. The van der Waals surface area contributed by atoms with Crippen LogP contribution in [0.2, 0.25) is 0 Å². The van der Waals surface area contributed by atoms with Crippen molar-refractivity contribution in [2.24, 2.45) is 0 Å². The van der Waals surface area contributed by atoms with Crippen LogP contribution in [0.1, 0.15) is 61.8 Å². The van der Waals surface area contributed by atoms with Crippen LogP contribution >= 0.6 is 0 Å². The Labute approximate surface area is 122 Å². The highest BCUT2D eigenvalue weighted by atomic mass is 16.6. The molecule has 1 aromatic rings. The van der Waals surface area contributed by atoms with E-state index in [-0.39, 0.29) is 23.4 Å². The SMILES string of the molecule is Cc1oc(C2CCCN2C(=O)OC(C)(C)C)nc1C(=O)O. The van der Waals surface area contributed by atoms with Crippen molar-refractivity contribution in [3.8, 4) is 0 Å².